The van der Waals surface area contributed by atoms with Crippen molar-refractivity contribution in [1.82, 2.24) is 19.4 Å². The second-order valence-corrected chi connectivity index (χ2v) is 9.30. The molecule has 37 heavy (non-hydrogen) atoms. The Kier molecular flexibility index (Phi) is 7.52. The number of alkyl halides is 3. The summed E-state index contributed by atoms with van der Waals surface area (Å²) in [6, 6.07) is 10.3. The molecule has 0 saturated carbocycles. The SMILES string of the molecule is CCC(c1ccc(C(F)(F)F)cc1)N1C[C@H](C)N(c2nc(=O)n(C)c3ccc(C#N)nc23)C[C@H]1COC. The highest BCUT2D eigenvalue weighted by Crippen LogP contribution is 2.35. The maximum Gasteiger partial charge on any atom is 0.416 e. The van der Waals surface area contributed by atoms with Gasteiger partial charge in [-0.15, -0.1) is 0 Å². The van der Waals surface area contributed by atoms with Crippen LogP contribution in [0.3, 0.4) is 0 Å². The van der Waals surface area contributed by atoms with Gasteiger partial charge in [0, 0.05) is 39.3 Å². The summed E-state index contributed by atoms with van der Waals surface area (Å²) in [7, 11) is 3.21. The summed E-state index contributed by atoms with van der Waals surface area (Å²) in [5, 5.41) is 9.38. The average Bonchev–Trinajstić information content (AvgIpc) is 2.87. The summed E-state index contributed by atoms with van der Waals surface area (Å²) in [4.78, 5) is 25.7. The minimum absolute atomic E-state index is 0.105. The van der Waals surface area contributed by atoms with Gasteiger partial charge < -0.3 is 9.64 Å². The minimum Gasteiger partial charge on any atom is -0.383 e. The molecule has 1 unspecified atom stereocenters. The topological polar surface area (TPSA) is 87.3 Å². The fourth-order valence-electron chi connectivity index (χ4n) is 5.11. The zero-order chi connectivity index (χ0) is 26.9. The third-order valence-electron chi connectivity index (χ3n) is 6.97. The number of hydrogen-bond donors (Lipinski definition) is 0. The van der Waals surface area contributed by atoms with E-state index in [4.69, 9.17) is 4.74 Å². The van der Waals surface area contributed by atoms with Crippen LogP contribution in [0.15, 0.2) is 41.2 Å². The van der Waals surface area contributed by atoms with Crippen LogP contribution < -0.4 is 10.6 Å². The molecule has 8 nitrogen and oxygen atoms in total. The molecule has 4 rings (SSSR count). The molecule has 1 aromatic carbocycles. The normalized spacial score (nSPS) is 19.7. The molecule has 1 saturated heterocycles. The first-order valence-electron chi connectivity index (χ1n) is 12.0. The van der Waals surface area contributed by atoms with Crippen molar-refractivity contribution < 1.29 is 17.9 Å². The van der Waals surface area contributed by atoms with Crippen LogP contribution in [0.4, 0.5) is 19.0 Å². The highest BCUT2D eigenvalue weighted by molar-refractivity contribution is 5.86. The maximum absolute atomic E-state index is 13.1. The Morgan fingerprint density at radius 1 is 1.16 bits per heavy atom. The predicted molar refractivity (Wildman–Crippen MR) is 133 cm³/mol. The van der Waals surface area contributed by atoms with E-state index in [2.05, 4.69) is 14.9 Å². The summed E-state index contributed by atoms with van der Waals surface area (Å²) in [5.74, 6) is 0.408. The zero-order valence-electron chi connectivity index (χ0n) is 21.2. The molecule has 0 bridgehead atoms. The quantitative estimate of drug-likeness (QED) is 0.493. The summed E-state index contributed by atoms with van der Waals surface area (Å²) in [6.07, 6.45) is -3.70. The van der Waals surface area contributed by atoms with Crippen molar-refractivity contribution in [3.8, 4) is 6.07 Å². The Labute approximate surface area is 212 Å². The van der Waals surface area contributed by atoms with Crippen LogP contribution in [0.2, 0.25) is 0 Å². The number of methoxy groups -OCH3 is 1. The summed E-state index contributed by atoms with van der Waals surface area (Å²) >= 11 is 0. The number of hydrogen-bond acceptors (Lipinski definition) is 7. The third kappa shape index (κ3) is 5.17. The standard InChI is InChI=1S/C26H29F3N6O2/c1-5-21(17-6-8-18(9-7-17)26(27,28)29)35-13-16(2)34(14-20(35)15-37-4)24-23-22(33(3)25(36)32-24)11-10-19(12-30)31-23/h6-11,16,20-21H,5,13-15H2,1-4H3/t16-,20-,21?/m0/s1. The molecule has 11 heteroatoms. The highest BCUT2D eigenvalue weighted by atomic mass is 19.4. The fourth-order valence-corrected chi connectivity index (χ4v) is 5.11. The van der Waals surface area contributed by atoms with Gasteiger partial charge >= 0.3 is 11.9 Å². The number of ether oxygens (including phenoxy) is 1. The molecule has 3 heterocycles. The predicted octanol–water partition coefficient (Wildman–Crippen LogP) is 3.90. The highest BCUT2D eigenvalue weighted by Gasteiger charge is 2.38. The van der Waals surface area contributed by atoms with Crippen molar-refractivity contribution in [3.63, 3.8) is 0 Å². The Hall–Kier alpha value is -3.49. The summed E-state index contributed by atoms with van der Waals surface area (Å²) in [5.41, 5.74) is 0.959. The summed E-state index contributed by atoms with van der Waals surface area (Å²) < 4.78 is 46.2. The number of aryl methyl sites for hydroxylation is 1. The van der Waals surface area contributed by atoms with E-state index in [1.165, 1.54) is 4.57 Å². The molecule has 0 N–H and O–H groups in total. The van der Waals surface area contributed by atoms with E-state index >= 15 is 0 Å². The van der Waals surface area contributed by atoms with Crippen LogP contribution in [0.5, 0.6) is 0 Å². The molecule has 1 fully saturated rings. The van der Waals surface area contributed by atoms with E-state index in [1.807, 2.05) is 24.8 Å². The van der Waals surface area contributed by atoms with Crippen LogP contribution in [0, 0.1) is 11.3 Å². The van der Waals surface area contributed by atoms with Gasteiger partial charge in [0.2, 0.25) is 0 Å². The van der Waals surface area contributed by atoms with E-state index in [1.54, 1.807) is 38.4 Å². The average molecular weight is 515 g/mol. The number of anilines is 1. The number of benzene rings is 1. The van der Waals surface area contributed by atoms with Crippen molar-refractivity contribution in [3.05, 3.63) is 63.7 Å². The van der Waals surface area contributed by atoms with E-state index in [-0.39, 0.29) is 23.8 Å². The van der Waals surface area contributed by atoms with Crippen molar-refractivity contribution in [2.45, 2.75) is 44.6 Å². The first-order chi connectivity index (χ1) is 17.6. The molecule has 2 aromatic heterocycles. The number of aromatic nitrogens is 3. The molecule has 3 atom stereocenters. The van der Waals surface area contributed by atoms with Gasteiger partial charge in [-0.2, -0.15) is 23.4 Å². The van der Waals surface area contributed by atoms with E-state index in [0.29, 0.717) is 43.0 Å². The number of rotatable bonds is 6. The monoisotopic (exact) mass is 514 g/mol. The molecular formula is C26H29F3N6O2. The third-order valence-corrected chi connectivity index (χ3v) is 6.97. The lowest BCUT2D eigenvalue weighted by Crippen LogP contribution is -2.60. The van der Waals surface area contributed by atoms with Gasteiger partial charge in [0.05, 0.1) is 23.7 Å². The van der Waals surface area contributed by atoms with Crippen LogP contribution in [-0.2, 0) is 18.0 Å². The van der Waals surface area contributed by atoms with Crippen molar-refractivity contribution in [1.29, 1.82) is 5.26 Å². The van der Waals surface area contributed by atoms with E-state index < -0.39 is 17.4 Å². The number of nitrogens with zero attached hydrogens (tertiary/aromatic N) is 6. The lowest BCUT2D eigenvalue weighted by atomic mass is 9.96. The van der Waals surface area contributed by atoms with Crippen LogP contribution in [0.25, 0.3) is 11.0 Å². The molecular weight excluding hydrogens is 485 g/mol. The lowest BCUT2D eigenvalue weighted by Gasteiger charge is -2.48. The number of piperazine rings is 1. The molecule has 0 spiro atoms. The molecule has 1 aliphatic heterocycles. The zero-order valence-corrected chi connectivity index (χ0v) is 21.2. The Morgan fingerprint density at radius 2 is 1.86 bits per heavy atom. The Bertz CT molecular complexity index is 1370. The van der Waals surface area contributed by atoms with Gasteiger partial charge in [0.25, 0.3) is 0 Å². The van der Waals surface area contributed by atoms with Crippen molar-refractivity contribution in [2.24, 2.45) is 7.05 Å². The molecule has 3 aromatic rings. The molecule has 0 aliphatic carbocycles. The number of pyridine rings is 1. The molecule has 1 aliphatic rings. The van der Waals surface area contributed by atoms with Crippen molar-refractivity contribution >= 4 is 16.9 Å². The number of nitriles is 1. The van der Waals surface area contributed by atoms with Gasteiger partial charge in [0.1, 0.15) is 17.3 Å². The smallest absolute Gasteiger partial charge is 0.383 e. The summed E-state index contributed by atoms with van der Waals surface area (Å²) in [6.45, 7) is 5.41. The maximum atomic E-state index is 13.1. The minimum atomic E-state index is -4.39. The Morgan fingerprint density at radius 3 is 2.46 bits per heavy atom. The van der Waals surface area contributed by atoms with Gasteiger partial charge in [0.15, 0.2) is 5.82 Å². The Balaban J connectivity index is 1.71. The second-order valence-electron chi connectivity index (χ2n) is 9.30. The van der Waals surface area contributed by atoms with Gasteiger partial charge in [-0.3, -0.25) is 9.47 Å². The number of fused-ring (bicyclic) bond motifs is 1. The first-order valence-corrected chi connectivity index (χ1v) is 12.0. The lowest BCUT2D eigenvalue weighted by molar-refractivity contribution is -0.137. The van der Waals surface area contributed by atoms with Gasteiger partial charge in [-0.25, -0.2) is 9.78 Å². The van der Waals surface area contributed by atoms with E-state index in [0.717, 1.165) is 17.7 Å². The van der Waals surface area contributed by atoms with E-state index in [9.17, 15) is 23.2 Å². The number of halogens is 3. The largest absolute Gasteiger partial charge is 0.416 e. The van der Waals surface area contributed by atoms with Crippen LogP contribution >= 0.6 is 0 Å². The molecule has 0 radical (unpaired) electrons. The van der Waals surface area contributed by atoms with Crippen LogP contribution in [-0.4, -0.2) is 58.3 Å². The first kappa shape index (κ1) is 26.6. The van der Waals surface area contributed by atoms with Gasteiger partial charge in [-0.1, -0.05) is 19.1 Å². The molecule has 0 amide bonds. The fraction of sp³-hybridized carbons (Fsp3) is 0.462. The second kappa shape index (κ2) is 10.5. The van der Waals surface area contributed by atoms with Gasteiger partial charge in [-0.05, 0) is 43.2 Å². The van der Waals surface area contributed by atoms with Crippen molar-refractivity contribution in [2.75, 3.05) is 31.7 Å². The van der Waals surface area contributed by atoms with Crippen LogP contribution in [0.1, 0.15) is 43.1 Å². The molecule has 196 valence electrons.